The Kier molecular flexibility index (Phi) is 14.9. The van der Waals surface area contributed by atoms with Crippen molar-refractivity contribution in [2.45, 2.75) is 70.8 Å². The van der Waals surface area contributed by atoms with Crippen LogP contribution in [-0.4, -0.2) is 20.3 Å². The fourth-order valence-electron chi connectivity index (χ4n) is 2.69. The number of benzene rings is 1. The van der Waals surface area contributed by atoms with E-state index in [0.29, 0.717) is 0 Å². The van der Waals surface area contributed by atoms with Gasteiger partial charge in [0.15, 0.2) is 0 Å². The minimum absolute atomic E-state index is 0.748. The van der Waals surface area contributed by atoms with Crippen molar-refractivity contribution in [1.29, 1.82) is 0 Å². The first-order chi connectivity index (χ1) is 11.8. The molecule has 24 heavy (non-hydrogen) atoms. The zero-order valence-corrected chi connectivity index (χ0v) is 17.4. The van der Waals surface area contributed by atoms with E-state index in [1.807, 2.05) is 7.05 Å². The Labute approximate surface area is 162 Å². The average Bonchev–Trinajstić information content (AvgIpc) is 2.60. The summed E-state index contributed by atoms with van der Waals surface area (Å²) >= 11 is 2.37. The molecule has 1 aromatic rings. The van der Waals surface area contributed by atoms with Crippen molar-refractivity contribution in [2.75, 3.05) is 20.3 Å². The molecule has 1 N–H and O–H groups in total. The van der Waals surface area contributed by atoms with Gasteiger partial charge in [0.05, 0.1) is 13.2 Å². The molecule has 1 rings (SSSR count). The quantitative estimate of drug-likeness (QED) is 0.196. The molecule has 0 spiro atoms. The summed E-state index contributed by atoms with van der Waals surface area (Å²) in [6.45, 7) is 2.47. The van der Waals surface area contributed by atoms with Gasteiger partial charge in [0, 0.05) is 17.2 Å². The molecule has 0 aliphatic carbocycles. The van der Waals surface area contributed by atoms with Crippen LogP contribution >= 0.6 is 22.6 Å². The molecule has 0 saturated heterocycles. The van der Waals surface area contributed by atoms with Crippen LogP contribution in [0.4, 0.5) is 0 Å². The number of hydrogen-bond donors (Lipinski definition) is 1. The van der Waals surface area contributed by atoms with E-state index < -0.39 is 0 Å². The second-order valence-corrected chi connectivity index (χ2v) is 7.39. The Balaban J connectivity index is 1.77. The molecule has 0 aliphatic rings. The fraction of sp³-hybridized carbons (Fsp3) is 0.700. The van der Waals surface area contributed by atoms with Gasteiger partial charge < -0.3 is 9.57 Å². The van der Waals surface area contributed by atoms with E-state index in [9.17, 15) is 0 Å². The summed E-state index contributed by atoms with van der Waals surface area (Å²) in [5.41, 5.74) is 4.01. The predicted molar refractivity (Wildman–Crippen MR) is 110 cm³/mol. The molecule has 0 radical (unpaired) electrons. The maximum Gasteiger partial charge on any atom is 0.0727 e. The van der Waals surface area contributed by atoms with E-state index in [0.717, 1.165) is 19.8 Å². The number of halogens is 1. The Hall–Kier alpha value is -0.170. The molecule has 3 nitrogen and oxygen atoms in total. The van der Waals surface area contributed by atoms with Gasteiger partial charge in [0.2, 0.25) is 0 Å². The predicted octanol–water partition coefficient (Wildman–Crippen LogP) is 5.86. The molecule has 0 aromatic heterocycles. The Morgan fingerprint density at radius 2 is 1.33 bits per heavy atom. The summed E-state index contributed by atoms with van der Waals surface area (Å²) in [6.07, 6.45) is 13.2. The highest BCUT2D eigenvalue weighted by Crippen LogP contribution is 2.13. The monoisotopic (exact) mass is 447 g/mol. The third-order valence-electron chi connectivity index (χ3n) is 4.14. The largest absolute Gasteiger partial charge is 0.377 e. The van der Waals surface area contributed by atoms with Crippen molar-refractivity contribution in [3.63, 3.8) is 0 Å². The van der Waals surface area contributed by atoms with Crippen molar-refractivity contribution in [1.82, 2.24) is 5.48 Å². The number of rotatable bonds is 16. The number of nitrogens with one attached hydrogen (secondary N) is 1. The van der Waals surface area contributed by atoms with Gasteiger partial charge in [-0.1, -0.05) is 69.6 Å². The molecule has 0 amide bonds. The molecule has 4 heteroatoms. The summed E-state index contributed by atoms with van der Waals surface area (Å²) in [5.74, 6) is 0. The molecule has 0 aliphatic heterocycles. The number of unbranched alkanes of at least 4 members (excludes halogenated alkanes) is 9. The van der Waals surface area contributed by atoms with Crippen LogP contribution in [0.3, 0.4) is 0 Å². The summed E-state index contributed by atoms with van der Waals surface area (Å²) in [7, 11) is 1.82. The molecular weight excluding hydrogens is 413 g/mol. The Morgan fingerprint density at radius 1 is 0.792 bits per heavy atom. The van der Waals surface area contributed by atoms with Crippen LogP contribution in [0, 0.1) is 3.57 Å². The van der Waals surface area contributed by atoms with Crippen LogP contribution in [0.2, 0.25) is 0 Å². The summed E-state index contributed by atoms with van der Waals surface area (Å²) < 4.78 is 7.08. The van der Waals surface area contributed by atoms with Crippen LogP contribution < -0.4 is 5.48 Å². The maximum absolute atomic E-state index is 5.78. The first kappa shape index (κ1) is 21.9. The molecule has 0 fully saturated rings. The molecule has 0 bridgehead atoms. The smallest absolute Gasteiger partial charge is 0.0727 e. The molecule has 0 saturated carbocycles. The van der Waals surface area contributed by atoms with E-state index in [-0.39, 0.29) is 0 Å². The SMILES string of the molecule is CNOCCCCCCCCCCCCOCc1ccccc1I. The minimum Gasteiger partial charge on any atom is -0.377 e. The van der Waals surface area contributed by atoms with Crippen LogP contribution in [0.25, 0.3) is 0 Å². The highest BCUT2D eigenvalue weighted by atomic mass is 127. The normalized spacial score (nSPS) is 11.1. The van der Waals surface area contributed by atoms with Gasteiger partial charge >= 0.3 is 0 Å². The van der Waals surface area contributed by atoms with Crippen molar-refractivity contribution in [3.05, 3.63) is 33.4 Å². The molecule has 138 valence electrons. The third-order valence-corrected chi connectivity index (χ3v) is 5.20. The molecular formula is C20H34INO2. The lowest BCUT2D eigenvalue weighted by Gasteiger charge is -2.06. The number of ether oxygens (including phenoxy) is 1. The van der Waals surface area contributed by atoms with E-state index in [4.69, 9.17) is 9.57 Å². The van der Waals surface area contributed by atoms with Gasteiger partial charge in [0.25, 0.3) is 0 Å². The minimum atomic E-state index is 0.748. The molecule has 0 unspecified atom stereocenters. The lowest BCUT2D eigenvalue weighted by atomic mass is 10.1. The van der Waals surface area contributed by atoms with E-state index in [1.165, 1.54) is 73.3 Å². The van der Waals surface area contributed by atoms with Gasteiger partial charge in [-0.25, -0.2) is 5.48 Å². The lowest BCUT2D eigenvalue weighted by molar-refractivity contribution is 0.0550. The van der Waals surface area contributed by atoms with Gasteiger partial charge in [-0.2, -0.15) is 0 Å². The lowest BCUT2D eigenvalue weighted by Crippen LogP contribution is -2.07. The number of hydrogen-bond acceptors (Lipinski definition) is 3. The Morgan fingerprint density at radius 3 is 1.92 bits per heavy atom. The van der Waals surface area contributed by atoms with Gasteiger partial charge in [-0.15, -0.1) is 0 Å². The average molecular weight is 447 g/mol. The summed E-state index contributed by atoms with van der Waals surface area (Å²) in [4.78, 5) is 5.10. The van der Waals surface area contributed by atoms with E-state index >= 15 is 0 Å². The van der Waals surface area contributed by atoms with Crippen LogP contribution in [0.5, 0.6) is 0 Å². The molecule has 0 atom stereocenters. The van der Waals surface area contributed by atoms with E-state index in [2.05, 4.69) is 52.3 Å². The standard InChI is InChI=1S/C20H34INO2/c1-22-24-17-13-9-7-5-3-2-4-6-8-12-16-23-18-19-14-10-11-15-20(19)21/h10-11,14-15,22H,2-9,12-13,16-18H2,1H3. The zero-order chi connectivity index (χ0) is 17.3. The second-order valence-electron chi connectivity index (χ2n) is 6.23. The first-order valence-electron chi connectivity index (χ1n) is 9.44. The van der Waals surface area contributed by atoms with Crippen LogP contribution in [-0.2, 0) is 16.2 Å². The van der Waals surface area contributed by atoms with Gasteiger partial charge in [-0.3, -0.25) is 0 Å². The molecule has 0 heterocycles. The number of hydroxylamine groups is 1. The van der Waals surface area contributed by atoms with E-state index in [1.54, 1.807) is 0 Å². The van der Waals surface area contributed by atoms with Gasteiger partial charge in [-0.05, 0) is 47.1 Å². The summed E-state index contributed by atoms with van der Waals surface area (Å²) in [5, 5.41) is 0. The summed E-state index contributed by atoms with van der Waals surface area (Å²) in [6, 6.07) is 8.44. The van der Waals surface area contributed by atoms with Crippen molar-refractivity contribution in [3.8, 4) is 0 Å². The highest BCUT2D eigenvalue weighted by molar-refractivity contribution is 14.1. The second kappa shape index (κ2) is 16.3. The van der Waals surface area contributed by atoms with Crippen LogP contribution in [0.1, 0.15) is 69.8 Å². The fourth-order valence-corrected chi connectivity index (χ4v) is 3.24. The molecule has 1 aromatic carbocycles. The maximum atomic E-state index is 5.78. The Bertz CT molecular complexity index is 401. The zero-order valence-electron chi connectivity index (χ0n) is 15.2. The van der Waals surface area contributed by atoms with Crippen molar-refractivity contribution < 1.29 is 9.57 Å². The first-order valence-corrected chi connectivity index (χ1v) is 10.5. The van der Waals surface area contributed by atoms with Crippen LogP contribution in [0.15, 0.2) is 24.3 Å². The third kappa shape index (κ3) is 12.2. The van der Waals surface area contributed by atoms with Crippen molar-refractivity contribution in [2.24, 2.45) is 0 Å². The topological polar surface area (TPSA) is 30.5 Å². The van der Waals surface area contributed by atoms with Crippen molar-refractivity contribution >= 4 is 22.6 Å². The highest BCUT2D eigenvalue weighted by Gasteiger charge is 1.98. The van der Waals surface area contributed by atoms with Gasteiger partial charge in [0.1, 0.15) is 0 Å².